The molecule has 2 aromatic rings. The van der Waals surface area contributed by atoms with Crippen molar-refractivity contribution in [2.24, 2.45) is 0 Å². The predicted octanol–water partition coefficient (Wildman–Crippen LogP) is 3.57. The Hall–Kier alpha value is -2.63. The molecule has 0 bridgehead atoms. The number of allylic oxidation sites excluding steroid dienone is 1. The van der Waals surface area contributed by atoms with Gasteiger partial charge in [-0.15, -0.1) is 0 Å². The van der Waals surface area contributed by atoms with Gasteiger partial charge in [-0.3, -0.25) is 4.79 Å². The smallest absolute Gasteiger partial charge is 0.185 e. The molecular formula is C22H25NO4. The molecule has 5 nitrogen and oxygen atoms in total. The fraction of sp³-hybridized carbons (Fsp3) is 0.318. The summed E-state index contributed by atoms with van der Waals surface area (Å²) in [5, 5.41) is 0. The SMILES string of the molecule is COCc1cc(/C=C/C(=O)c2ccc(N3CCOCC3)cc2)ccc1OC. The average Bonchev–Trinajstić information content (AvgIpc) is 2.73. The third-order valence-corrected chi connectivity index (χ3v) is 4.56. The number of hydrogen-bond donors (Lipinski definition) is 0. The summed E-state index contributed by atoms with van der Waals surface area (Å²) < 4.78 is 15.9. The summed E-state index contributed by atoms with van der Waals surface area (Å²) in [6, 6.07) is 13.5. The molecule has 0 amide bonds. The highest BCUT2D eigenvalue weighted by Crippen LogP contribution is 2.22. The van der Waals surface area contributed by atoms with Crippen molar-refractivity contribution in [1.29, 1.82) is 0 Å². The van der Waals surface area contributed by atoms with E-state index in [0.717, 1.165) is 48.9 Å². The van der Waals surface area contributed by atoms with Gasteiger partial charge in [0.05, 0.1) is 26.9 Å². The molecule has 1 aliphatic heterocycles. The van der Waals surface area contributed by atoms with Crippen molar-refractivity contribution < 1.29 is 19.0 Å². The van der Waals surface area contributed by atoms with Crippen molar-refractivity contribution in [3.63, 3.8) is 0 Å². The number of rotatable bonds is 7. The average molecular weight is 367 g/mol. The zero-order valence-electron chi connectivity index (χ0n) is 15.8. The summed E-state index contributed by atoms with van der Waals surface area (Å²) in [6.45, 7) is 3.72. The van der Waals surface area contributed by atoms with Gasteiger partial charge in [0.25, 0.3) is 0 Å². The second kappa shape index (κ2) is 9.35. The summed E-state index contributed by atoms with van der Waals surface area (Å²) in [7, 11) is 3.28. The molecule has 0 radical (unpaired) electrons. The van der Waals surface area contributed by atoms with Crippen LogP contribution >= 0.6 is 0 Å². The van der Waals surface area contributed by atoms with Crippen molar-refractivity contribution in [3.8, 4) is 5.75 Å². The number of benzene rings is 2. The van der Waals surface area contributed by atoms with Gasteiger partial charge >= 0.3 is 0 Å². The number of carbonyl (C=O) groups is 1. The van der Waals surface area contributed by atoms with Gasteiger partial charge in [-0.05, 0) is 48.0 Å². The van der Waals surface area contributed by atoms with E-state index >= 15 is 0 Å². The molecule has 5 heteroatoms. The topological polar surface area (TPSA) is 48.0 Å². The molecule has 0 unspecified atom stereocenters. The monoisotopic (exact) mass is 367 g/mol. The summed E-state index contributed by atoms with van der Waals surface area (Å²) in [5.41, 5.74) is 3.68. The van der Waals surface area contributed by atoms with Crippen molar-refractivity contribution in [1.82, 2.24) is 0 Å². The lowest BCUT2D eigenvalue weighted by Crippen LogP contribution is -2.36. The van der Waals surface area contributed by atoms with Crippen LogP contribution in [0.2, 0.25) is 0 Å². The second-order valence-electron chi connectivity index (χ2n) is 6.35. The molecule has 27 heavy (non-hydrogen) atoms. The zero-order chi connectivity index (χ0) is 19.1. The van der Waals surface area contributed by atoms with Crippen LogP contribution in [0.15, 0.2) is 48.5 Å². The van der Waals surface area contributed by atoms with Crippen molar-refractivity contribution in [3.05, 3.63) is 65.2 Å². The lowest BCUT2D eigenvalue weighted by Gasteiger charge is -2.28. The maximum atomic E-state index is 12.5. The molecule has 0 atom stereocenters. The number of nitrogens with zero attached hydrogens (tertiary/aromatic N) is 1. The van der Waals surface area contributed by atoms with Crippen LogP contribution in [0.25, 0.3) is 6.08 Å². The third kappa shape index (κ3) is 4.96. The Balaban J connectivity index is 1.68. The van der Waals surface area contributed by atoms with E-state index in [1.165, 1.54) is 0 Å². The van der Waals surface area contributed by atoms with Crippen LogP contribution < -0.4 is 9.64 Å². The van der Waals surface area contributed by atoms with Crippen LogP contribution in [0.3, 0.4) is 0 Å². The maximum absolute atomic E-state index is 12.5. The first-order chi connectivity index (χ1) is 13.2. The molecule has 0 N–H and O–H groups in total. The molecule has 1 heterocycles. The Kier molecular flexibility index (Phi) is 6.63. The lowest BCUT2D eigenvalue weighted by atomic mass is 10.1. The molecular weight excluding hydrogens is 342 g/mol. The van der Waals surface area contributed by atoms with E-state index in [2.05, 4.69) is 4.90 Å². The standard InChI is InChI=1S/C22H25NO4/c1-25-16-19-15-17(4-10-22(19)26-2)3-9-21(24)18-5-7-20(8-6-18)23-11-13-27-14-12-23/h3-10,15H,11-14,16H2,1-2H3/b9-3+. The summed E-state index contributed by atoms with van der Waals surface area (Å²) in [5.74, 6) is 0.756. The van der Waals surface area contributed by atoms with Crippen LogP contribution in [-0.2, 0) is 16.1 Å². The number of ketones is 1. The first-order valence-corrected chi connectivity index (χ1v) is 9.02. The van der Waals surface area contributed by atoms with E-state index in [0.29, 0.717) is 12.2 Å². The van der Waals surface area contributed by atoms with Gasteiger partial charge in [0.1, 0.15) is 5.75 Å². The van der Waals surface area contributed by atoms with Crippen molar-refractivity contribution in [2.75, 3.05) is 45.4 Å². The Labute approximate surface area is 160 Å². The summed E-state index contributed by atoms with van der Waals surface area (Å²) >= 11 is 0. The minimum absolute atomic E-state index is 0.0207. The fourth-order valence-electron chi connectivity index (χ4n) is 3.10. The number of methoxy groups -OCH3 is 2. The van der Waals surface area contributed by atoms with Gasteiger partial charge in [0, 0.05) is 37.0 Å². The molecule has 0 saturated carbocycles. The van der Waals surface area contributed by atoms with Gasteiger partial charge in [-0.25, -0.2) is 0 Å². The van der Waals surface area contributed by atoms with Crippen LogP contribution in [0.4, 0.5) is 5.69 Å². The molecule has 142 valence electrons. The van der Waals surface area contributed by atoms with Gasteiger partial charge in [0.15, 0.2) is 5.78 Å². The molecule has 2 aromatic carbocycles. The van der Waals surface area contributed by atoms with E-state index in [9.17, 15) is 4.79 Å². The van der Waals surface area contributed by atoms with E-state index < -0.39 is 0 Å². The molecule has 1 aliphatic rings. The second-order valence-corrected chi connectivity index (χ2v) is 6.35. The Morgan fingerprint density at radius 3 is 2.52 bits per heavy atom. The van der Waals surface area contributed by atoms with Gasteiger partial charge in [0.2, 0.25) is 0 Å². The normalized spacial score (nSPS) is 14.5. The maximum Gasteiger partial charge on any atom is 0.185 e. The lowest BCUT2D eigenvalue weighted by molar-refractivity contribution is 0.104. The van der Waals surface area contributed by atoms with Crippen LogP contribution in [-0.4, -0.2) is 46.3 Å². The highest BCUT2D eigenvalue weighted by Gasteiger charge is 2.11. The number of hydrogen-bond acceptors (Lipinski definition) is 5. The van der Waals surface area contributed by atoms with Gasteiger partial charge in [-0.1, -0.05) is 12.1 Å². The van der Waals surface area contributed by atoms with Gasteiger partial charge in [-0.2, -0.15) is 0 Å². The Bertz CT molecular complexity index is 792. The molecule has 3 rings (SSSR count). The summed E-state index contributed by atoms with van der Waals surface area (Å²) in [6.07, 6.45) is 3.42. The number of morpholine rings is 1. The quantitative estimate of drug-likeness (QED) is 0.553. The highest BCUT2D eigenvalue weighted by atomic mass is 16.5. The zero-order valence-corrected chi connectivity index (χ0v) is 15.8. The Morgan fingerprint density at radius 2 is 1.85 bits per heavy atom. The fourth-order valence-corrected chi connectivity index (χ4v) is 3.10. The Morgan fingerprint density at radius 1 is 1.11 bits per heavy atom. The summed E-state index contributed by atoms with van der Waals surface area (Å²) in [4.78, 5) is 14.7. The molecule has 0 aliphatic carbocycles. The predicted molar refractivity (Wildman–Crippen MR) is 107 cm³/mol. The highest BCUT2D eigenvalue weighted by molar-refractivity contribution is 6.07. The van der Waals surface area contributed by atoms with E-state index in [-0.39, 0.29) is 5.78 Å². The molecule has 0 spiro atoms. The largest absolute Gasteiger partial charge is 0.496 e. The van der Waals surface area contributed by atoms with E-state index in [1.807, 2.05) is 48.5 Å². The molecule has 0 aromatic heterocycles. The van der Waals surface area contributed by atoms with Crippen LogP contribution in [0.1, 0.15) is 21.5 Å². The first kappa shape index (κ1) is 19.1. The van der Waals surface area contributed by atoms with E-state index in [4.69, 9.17) is 14.2 Å². The number of carbonyl (C=O) groups excluding carboxylic acids is 1. The van der Waals surface area contributed by atoms with E-state index in [1.54, 1.807) is 20.3 Å². The van der Waals surface area contributed by atoms with Crippen LogP contribution in [0.5, 0.6) is 5.75 Å². The van der Waals surface area contributed by atoms with Crippen LogP contribution in [0, 0.1) is 0 Å². The first-order valence-electron chi connectivity index (χ1n) is 9.02. The number of anilines is 1. The molecule has 1 saturated heterocycles. The van der Waals surface area contributed by atoms with Gasteiger partial charge < -0.3 is 19.1 Å². The third-order valence-electron chi connectivity index (χ3n) is 4.56. The minimum atomic E-state index is -0.0207. The van der Waals surface area contributed by atoms with Crippen molar-refractivity contribution >= 4 is 17.5 Å². The molecule has 1 fully saturated rings. The number of ether oxygens (including phenoxy) is 3. The minimum Gasteiger partial charge on any atom is -0.496 e. The van der Waals surface area contributed by atoms with Crippen molar-refractivity contribution in [2.45, 2.75) is 6.61 Å².